The van der Waals surface area contributed by atoms with Crippen LogP contribution in [0.2, 0.25) is 19.6 Å². The fourth-order valence-corrected chi connectivity index (χ4v) is 2.13. The van der Waals surface area contributed by atoms with Gasteiger partial charge in [-0.3, -0.25) is 4.79 Å². The van der Waals surface area contributed by atoms with Crippen molar-refractivity contribution in [2.45, 2.75) is 25.6 Å². The van der Waals surface area contributed by atoms with Crippen LogP contribution in [0.25, 0.3) is 0 Å². The molecule has 0 spiro atoms. The third kappa shape index (κ3) is 4.71. The molecule has 0 saturated heterocycles. The smallest absolute Gasteiger partial charge is 0.315 e. The molecule has 0 amide bonds. The van der Waals surface area contributed by atoms with E-state index in [0.29, 0.717) is 6.61 Å². The number of hydrogen-bond donors (Lipinski definition) is 0. The summed E-state index contributed by atoms with van der Waals surface area (Å²) in [6, 6.07) is 9.61. The molecule has 0 aliphatic carbocycles. The number of esters is 1. The van der Waals surface area contributed by atoms with E-state index in [2.05, 4.69) is 19.6 Å². The van der Waals surface area contributed by atoms with Crippen LogP contribution in [-0.2, 0) is 14.0 Å². The normalized spacial score (nSPS) is 13.2. The Morgan fingerprint density at radius 3 is 2.29 bits per heavy atom. The Labute approximate surface area is 104 Å². The first-order valence-electron chi connectivity index (χ1n) is 5.71. The molecular weight excluding hydrogens is 232 g/mol. The van der Waals surface area contributed by atoms with Gasteiger partial charge in [-0.15, -0.1) is 0 Å². The summed E-state index contributed by atoms with van der Waals surface area (Å²) in [5.41, 5.74) is 0.942. The number of hydrogen-bond acceptors (Lipinski definition) is 3. The third-order valence-corrected chi connectivity index (χ3v) is 3.40. The van der Waals surface area contributed by atoms with Gasteiger partial charge in [0.2, 0.25) is 0 Å². The summed E-state index contributed by atoms with van der Waals surface area (Å²) >= 11 is 0. The van der Waals surface area contributed by atoms with E-state index in [0.717, 1.165) is 5.56 Å². The van der Waals surface area contributed by atoms with Crippen LogP contribution in [-0.4, -0.2) is 28.0 Å². The van der Waals surface area contributed by atoms with Crippen molar-refractivity contribution < 1.29 is 14.0 Å². The molecule has 1 aromatic rings. The van der Waals surface area contributed by atoms with Gasteiger partial charge in [-0.1, -0.05) is 30.3 Å². The molecule has 0 aliphatic rings. The highest BCUT2D eigenvalue weighted by molar-refractivity contribution is 6.69. The van der Waals surface area contributed by atoms with E-state index in [4.69, 9.17) is 9.16 Å². The van der Waals surface area contributed by atoms with E-state index in [9.17, 15) is 4.79 Å². The first-order valence-corrected chi connectivity index (χ1v) is 9.11. The lowest BCUT2D eigenvalue weighted by molar-refractivity contribution is -0.143. The molecule has 0 heterocycles. The zero-order valence-corrected chi connectivity index (χ0v) is 11.9. The highest BCUT2D eigenvalue weighted by atomic mass is 28.4. The molecule has 1 atom stereocenters. The standard InChI is InChI=1S/C13H20O3Si/c1-15-13(14)12(10-16-17(2,3)4)11-8-6-5-7-9-11/h5-9,12H,10H2,1-4H3. The highest BCUT2D eigenvalue weighted by Crippen LogP contribution is 2.19. The molecule has 1 rings (SSSR count). The van der Waals surface area contributed by atoms with Gasteiger partial charge in [0.05, 0.1) is 13.7 Å². The van der Waals surface area contributed by atoms with Crippen molar-refractivity contribution >= 4 is 14.3 Å². The Balaban J connectivity index is 2.79. The molecule has 0 bridgehead atoms. The Morgan fingerprint density at radius 2 is 1.82 bits per heavy atom. The van der Waals surface area contributed by atoms with Crippen molar-refractivity contribution in [2.75, 3.05) is 13.7 Å². The number of benzene rings is 1. The number of carbonyl (C=O) groups excluding carboxylic acids is 1. The van der Waals surface area contributed by atoms with Crippen LogP contribution in [0.1, 0.15) is 11.5 Å². The molecule has 0 aliphatic heterocycles. The number of carbonyl (C=O) groups is 1. The van der Waals surface area contributed by atoms with Crippen LogP contribution >= 0.6 is 0 Å². The van der Waals surface area contributed by atoms with E-state index in [1.165, 1.54) is 7.11 Å². The molecule has 4 heteroatoms. The lowest BCUT2D eigenvalue weighted by Gasteiger charge is -2.22. The Morgan fingerprint density at radius 1 is 1.24 bits per heavy atom. The van der Waals surface area contributed by atoms with Gasteiger partial charge in [-0.2, -0.15) is 0 Å². The summed E-state index contributed by atoms with van der Waals surface area (Å²) in [4.78, 5) is 11.7. The molecule has 17 heavy (non-hydrogen) atoms. The molecule has 1 unspecified atom stereocenters. The van der Waals surface area contributed by atoms with Crippen LogP contribution < -0.4 is 0 Å². The Kier molecular flexibility index (Phi) is 4.90. The second-order valence-corrected chi connectivity index (χ2v) is 9.42. The Hall–Kier alpha value is -1.13. The zero-order chi connectivity index (χ0) is 12.9. The van der Waals surface area contributed by atoms with Gasteiger partial charge >= 0.3 is 5.97 Å². The van der Waals surface area contributed by atoms with E-state index in [-0.39, 0.29) is 11.9 Å². The van der Waals surface area contributed by atoms with Crippen LogP contribution in [0.5, 0.6) is 0 Å². The zero-order valence-electron chi connectivity index (χ0n) is 10.9. The monoisotopic (exact) mass is 252 g/mol. The van der Waals surface area contributed by atoms with Gasteiger partial charge in [0, 0.05) is 0 Å². The minimum Gasteiger partial charge on any atom is -0.468 e. The van der Waals surface area contributed by atoms with E-state index < -0.39 is 8.32 Å². The summed E-state index contributed by atoms with van der Waals surface area (Å²) in [7, 11) is -0.210. The van der Waals surface area contributed by atoms with Crippen LogP contribution in [0.3, 0.4) is 0 Å². The van der Waals surface area contributed by atoms with Crippen molar-refractivity contribution in [3.8, 4) is 0 Å². The number of rotatable bonds is 5. The van der Waals surface area contributed by atoms with Crippen LogP contribution in [0.15, 0.2) is 30.3 Å². The van der Waals surface area contributed by atoms with Gasteiger partial charge in [0.25, 0.3) is 0 Å². The summed E-state index contributed by atoms with van der Waals surface area (Å²) < 4.78 is 10.6. The van der Waals surface area contributed by atoms with Gasteiger partial charge < -0.3 is 9.16 Å². The first kappa shape index (κ1) is 13.9. The number of ether oxygens (including phenoxy) is 1. The van der Waals surface area contributed by atoms with Crippen LogP contribution in [0, 0.1) is 0 Å². The third-order valence-electron chi connectivity index (χ3n) is 2.37. The average Bonchev–Trinajstić information content (AvgIpc) is 2.29. The summed E-state index contributed by atoms with van der Waals surface area (Å²) in [5.74, 6) is -0.567. The highest BCUT2D eigenvalue weighted by Gasteiger charge is 2.24. The lowest BCUT2D eigenvalue weighted by Crippen LogP contribution is -2.30. The molecule has 3 nitrogen and oxygen atoms in total. The fraction of sp³-hybridized carbons (Fsp3) is 0.462. The molecule has 94 valence electrons. The summed E-state index contributed by atoms with van der Waals surface area (Å²) in [6.07, 6.45) is 0. The van der Waals surface area contributed by atoms with E-state index >= 15 is 0 Å². The maximum absolute atomic E-state index is 11.7. The number of methoxy groups -OCH3 is 1. The van der Waals surface area contributed by atoms with Crippen LogP contribution in [0.4, 0.5) is 0 Å². The average molecular weight is 252 g/mol. The quantitative estimate of drug-likeness (QED) is 0.597. The van der Waals surface area contributed by atoms with Crippen molar-refractivity contribution in [1.82, 2.24) is 0 Å². The lowest BCUT2D eigenvalue weighted by atomic mass is 10.0. The van der Waals surface area contributed by atoms with E-state index in [1.54, 1.807) is 0 Å². The predicted molar refractivity (Wildman–Crippen MR) is 70.5 cm³/mol. The second kappa shape index (κ2) is 5.98. The van der Waals surface area contributed by atoms with Gasteiger partial charge in [0.1, 0.15) is 5.92 Å². The van der Waals surface area contributed by atoms with Gasteiger partial charge in [0.15, 0.2) is 8.32 Å². The largest absolute Gasteiger partial charge is 0.468 e. The van der Waals surface area contributed by atoms with Gasteiger partial charge in [-0.05, 0) is 25.2 Å². The maximum atomic E-state index is 11.7. The molecule has 1 aromatic carbocycles. The molecule has 0 radical (unpaired) electrons. The topological polar surface area (TPSA) is 35.5 Å². The van der Waals surface area contributed by atoms with Crippen molar-refractivity contribution in [1.29, 1.82) is 0 Å². The molecule has 0 aromatic heterocycles. The van der Waals surface area contributed by atoms with Crippen molar-refractivity contribution in [3.05, 3.63) is 35.9 Å². The second-order valence-electron chi connectivity index (χ2n) is 4.91. The predicted octanol–water partition coefficient (Wildman–Crippen LogP) is 2.79. The summed E-state index contributed by atoms with van der Waals surface area (Å²) in [5, 5.41) is 0. The molecule has 0 fully saturated rings. The van der Waals surface area contributed by atoms with Crippen molar-refractivity contribution in [2.24, 2.45) is 0 Å². The fourth-order valence-electron chi connectivity index (χ4n) is 1.46. The summed E-state index contributed by atoms with van der Waals surface area (Å²) in [6.45, 7) is 6.71. The molecule has 0 N–H and O–H groups in total. The SMILES string of the molecule is COC(=O)C(CO[Si](C)(C)C)c1ccccc1. The van der Waals surface area contributed by atoms with E-state index in [1.807, 2.05) is 30.3 Å². The first-order chi connectivity index (χ1) is 7.94. The molecule has 0 saturated carbocycles. The molecular formula is C13H20O3Si. The minimum atomic E-state index is -1.62. The minimum absolute atomic E-state index is 0.241. The van der Waals surface area contributed by atoms with Gasteiger partial charge in [-0.25, -0.2) is 0 Å². The Bertz CT molecular complexity index is 357. The van der Waals surface area contributed by atoms with Crippen molar-refractivity contribution in [3.63, 3.8) is 0 Å². The maximum Gasteiger partial charge on any atom is 0.315 e.